The number of benzene rings is 1. The number of halogens is 2. The summed E-state index contributed by atoms with van der Waals surface area (Å²) in [6.45, 7) is 1.76. The normalized spacial score (nSPS) is 11.0. The zero-order valence-electron chi connectivity index (χ0n) is 11.1. The van der Waals surface area contributed by atoms with Crippen LogP contribution in [0.3, 0.4) is 0 Å². The van der Waals surface area contributed by atoms with Crippen molar-refractivity contribution in [3.05, 3.63) is 41.2 Å². The van der Waals surface area contributed by atoms with Crippen molar-refractivity contribution in [1.29, 1.82) is 0 Å². The molecule has 0 aliphatic carbocycles. The molecule has 21 heavy (non-hydrogen) atoms. The van der Waals surface area contributed by atoms with Crippen LogP contribution >= 0.6 is 11.3 Å². The third-order valence-corrected chi connectivity index (χ3v) is 3.89. The van der Waals surface area contributed by atoms with Gasteiger partial charge in [-0.1, -0.05) is 11.3 Å². The van der Waals surface area contributed by atoms with Crippen LogP contribution in [0.15, 0.2) is 18.3 Å². The standard InChI is InChI=1S/C13H10F2N4OS/c1-6-5-16-19(2)11(6)12(20)18-13-17-10-8(15)3-7(14)4-9(10)21-13/h3-5H,1-2H3,(H,17,18,20). The van der Waals surface area contributed by atoms with Crippen LogP contribution in [-0.4, -0.2) is 20.7 Å². The fraction of sp³-hybridized carbons (Fsp3) is 0.154. The van der Waals surface area contributed by atoms with Crippen molar-refractivity contribution in [2.45, 2.75) is 6.92 Å². The van der Waals surface area contributed by atoms with Crippen LogP contribution in [0.5, 0.6) is 0 Å². The van der Waals surface area contributed by atoms with Crippen molar-refractivity contribution in [1.82, 2.24) is 14.8 Å². The van der Waals surface area contributed by atoms with E-state index in [0.717, 1.165) is 17.4 Å². The van der Waals surface area contributed by atoms with Crippen molar-refractivity contribution in [2.24, 2.45) is 7.05 Å². The van der Waals surface area contributed by atoms with Crippen molar-refractivity contribution >= 4 is 32.6 Å². The average Bonchev–Trinajstić information content (AvgIpc) is 2.93. The number of hydrogen-bond acceptors (Lipinski definition) is 4. The van der Waals surface area contributed by atoms with E-state index in [-0.39, 0.29) is 10.6 Å². The molecule has 1 N–H and O–H groups in total. The van der Waals surface area contributed by atoms with Gasteiger partial charge in [0.15, 0.2) is 10.9 Å². The number of aryl methyl sites for hydroxylation is 2. The molecule has 1 aromatic carbocycles. The number of aromatic nitrogens is 3. The molecule has 0 unspecified atom stereocenters. The fourth-order valence-electron chi connectivity index (χ4n) is 2.04. The lowest BCUT2D eigenvalue weighted by molar-refractivity contribution is 0.101. The second-order valence-electron chi connectivity index (χ2n) is 4.51. The number of thiazole rings is 1. The largest absolute Gasteiger partial charge is 0.296 e. The summed E-state index contributed by atoms with van der Waals surface area (Å²) in [5, 5.41) is 6.77. The Bertz CT molecular complexity index is 836. The highest BCUT2D eigenvalue weighted by Gasteiger charge is 2.17. The molecule has 3 aromatic rings. The molecule has 0 bridgehead atoms. The zero-order chi connectivity index (χ0) is 15.1. The third kappa shape index (κ3) is 2.38. The molecule has 1 amide bonds. The van der Waals surface area contributed by atoms with Crippen LogP contribution < -0.4 is 5.32 Å². The van der Waals surface area contributed by atoms with E-state index in [0.29, 0.717) is 16.0 Å². The predicted octanol–water partition coefficient (Wildman–Crippen LogP) is 2.87. The third-order valence-electron chi connectivity index (χ3n) is 2.97. The Balaban J connectivity index is 1.95. The average molecular weight is 308 g/mol. The van der Waals surface area contributed by atoms with Gasteiger partial charge in [-0.2, -0.15) is 5.10 Å². The highest BCUT2D eigenvalue weighted by Crippen LogP contribution is 2.29. The minimum atomic E-state index is -0.751. The second kappa shape index (κ2) is 4.88. The van der Waals surface area contributed by atoms with Crippen LogP contribution in [-0.2, 0) is 7.05 Å². The molecule has 2 aromatic heterocycles. The molecular formula is C13H10F2N4OS. The number of anilines is 1. The number of carbonyl (C=O) groups is 1. The van der Waals surface area contributed by atoms with Gasteiger partial charge in [-0.3, -0.25) is 14.8 Å². The lowest BCUT2D eigenvalue weighted by atomic mass is 10.2. The summed E-state index contributed by atoms with van der Waals surface area (Å²) < 4.78 is 28.5. The Morgan fingerprint density at radius 3 is 2.81 bits per heavy atom. The maximum atomic E-state index is 13.6. The van der Waals surface area contributed by atoms with E-state index in [9.17, 15) is 13.6 Å². The maximum absolute atomic E-state index is 13.6. The lowest BCUT2D eigenvalue weighted by Gasteiger charge is -2.02. The number of fused-ring (bicyclic) bond motifs is 1. The highest BCUT2D eigenvalue weighted by atomic mass is 32.1. The lowest BCUT2D eigenvalue weighted by Crippen LogP contribution is -2.17. The topological polar surface area (TPSA) is 59.8 Å². The van der Waals surface area contributed by atoms with Crippen molar-refractivity contribution in [3.63, 3.8) is 0 Å². The van der Waals surface area contributed by atoms with E-state index >= 15 is 0 Å². The number of hydrogen-bond donors (Lipinski definition) is 1. The van der Waals surface area contributed by atoms with Gasteiger partial charge in [-0.25, -0.2) is 13.8 Å². The van der Waals surface area contributed by atoms with Crippen LogP contribution in [0.2, 0.25) is 0 Å². The Labute approximate surface area is 122 Å². The number of amides is 1. The minimum Gasteiger partial charge on any atom is -0.296 e. The van der Waals surface area contributed by atoms with Crippen molar-refractivity contribution in [2.75, 3.05) is 5.32 Å². The summed E-state index contributed by atoms with van der Waals surface area (Å²) >= 11 is 1.01. The number of rotatable bonds is 2. The van der Waals surface area contributed by atoms with E-state index < -0.39 is 17.5 Å². The van der Waals surface area contributed by atoms with E-state index in [4.69, 9.17) is 0 Å². The number of nitrogens with one attached hydrogen (secondary N) is 1. The minimum absolute atomic E-state index is 0.0402. The van der Waals surface area contributed by atoms with Crippen LogP contribution in [0.4, 0.5) is 13.9 Å². The first-order valence-corrected chi connectivity index (χ1v) is 6.83. The predicted molar refractivity (Wildman–Crippen MR) is 75.4 cm³/mol. The Morgan fingerprint density at radius 2 is 2.14 bits per heavy atom. The first kappa shape index (κ1) is 13.6. The Morgan fingerprint density at radius 1 is 1.38 bits per heavy atom. The van der Waals surface area contributed by atoms with E-state index in [1.54, 1.807) is 20.2 Å². The molecule has 8 heteroatoms. The molecule has 0 saturated heterocycles. The molecule has 2 heterocycles. The molecule has 0 atom stereocenters. The quantitative estimate of drug-likeness (QED) is 0.792. The van der Waals surface area contributed by atoms with Crippen molar-refractivity contribution < 1.29 is 13.6 Å². The molecule has 0 spiro atoms. The number of nitrogens with zero attached hydrogens (tertiary/aromatic N) is 3. The molecular weight excluding hydrogens is 298 g/mol. The summed E-state index contributed by atoms with van der Waals surface area (Å²) in [5.41, 5.74) is 1.15. The molecule has 0 radical (unpaired) electrons. The molecule has 0 fully saturated rings. The molecule has 0 aliphatic rings. The monoisotopic (exact) mass is 308 g/mol. The van der Waals surface area contributed by atoms with Gasteiger partial charge in [-0.05, 0) is 18.6 Å². The van der Waals surface area contributed by atoms with Gasteiger partial charge in [0.2, 0.25) is 0 Å². The van der Waals surface area contributed by atoms with Crippen LogP contribution in [0.1, 0.15) is 16.1 Å². The van der Waals surface area contributed by atoms with Gasteiger partial charge in [0, 0.05) is 13.1 Å². The van der Waals surface area contributed by atoms with E-state index in [1.807, 2.05) is 0 Å². The van der Waals surface area contributed by atoms with Gasteiger partial charge in [0.05, 0.1) is 10.9 Å². The van der Waals surface area contributed by atoms with Crippen LogP contribution in [0, 0.1) is 18.6 Å². The molecule has 108 valence electrons. The summed E-state index contributed by atoms with van der Waals surface area (Å²) in [6, 6.07) is 1.94. The zero-order valence-corrected chi connectivity index (χ0v) is 12.0. The van der Waals surface area contributed by atoms with Gasteiger partial charge in [0.1, 0.15) is 17.0 Å². The Hall–Kier alpha value is -2.35. The number of carbonyl (C=O) groups excluding carboxylic acids is 1. The first-order valence-electron chi connectivity index (χ1n) is 6.01. The van der Waals surface area contributed by atoms with Gasteiger partial charge < -0.3 is 0 Å². The smallest absolute Gasteiger partial charge is 0.275 e. The van der Waals surface area contributed by atoms with Gasteiger partial charge in [-0.15, -0.1) is 0 Å². The molecule has 5 nitrogen and oxygen atoms in total. The molecule has 0 aliphatic heterocycles. The summed E-state index contributed by atoms with van der Waals surface area (Å²) in [5.74, 6) is -1.82. The summed E-state index contributed by atoms with van der Waals surface area (Å²) in [7, 11) is 1.65. The SMILES string of the molecule is Cc1cnn(C)c1C(=O)Nc1nc2c(F)cc(F)cc2s1. The summed E-state index contributed by atoms with van der Waals surface area (Å²) in [4.78, 5) is 16.2. The first-order chi connectivity index (χ1) is 9.95. The Kier molecular flexibility index (Phi) is 3.17. The highest BCUT2D eigenvalue weighted by molar-refractivity contribution is 7.22. The fourth-order valence-corrected chi connectivity index (χ4v) is 2.94. The van der Waals surface area contributed by atoms with E-state index in [1.165, 1.54) is 10.7 Å². The van der Waals surface area contributed by atoms with Gasteiger partial charge in [0.25, 0.3) is 5.91 Å². The van der Waals surface area contributed by atoms with E-state index in [2.05, 4.69) is 15.4 Å². The molecule has 3 rings (SSSR count). The van der Waals surface area contributed by atoms with Crippen molar-refractivity contribution in [3.8, 4) is 0 Å². The maximum Gasteiger partial charge on any atom is 0.275 e. The molecule has 0 saturated carbocycles. The summed E-state index contributed by atoms with van der Waals surface area (Å²) in [6.07, 6.45) is 1.57. The van der Waals surface area contributed by atoms with Crippen LogP contribution in [0.25, 0.3) is 10.2 Å². The van der Waals surface area contributed by atoms with Gasteiger partial charge >= 0.3 is 0 Å². The second-order valence-corrected chi connectivity index (χ2v) is 5.54.